The van der Waals surface area contributed by atoms with Crippen molar-refractivity contribution in [2.24, 2.45) is 5.73 Å². The Morgan fingerprint density at radius 2 is 1.70 bits per heavy atom. The number of methoxy groups -OCH3 is 2. The normalized spacial score (nSPS) is 12.1. The maximum atomic E-state index is 13.4. The van der Waals surface area contributed by atoms with E-state index in [1.807, 2.05) is 6.07 Å². The van der Waals surface area contributed by atoms with E-state index in [0.29, 0.717) is 21.5 Å². The molecule has 0 bridgehead atoms. The van der Waals surface area contributed by atoms with Crippen molar-refractivity contribution in [2.75, 3.05) is 14.2 Å². The van der Waals surface area contributed by atoms with Gasteiger partial charge in [-0.05, 0) is 41.5 Å². The van der Waals surface area contributed by atoms with Crippen LogP contribution in [-0.4, -0.2) is 14.2 Å². The van der Waals surface area contributed by atoms with Gasteiger partial charge in [0.05, 0.1) is 20.3 Å². The lowest BCUT2D eigenvalue weighted by atomic mass is 9.99. The molecular formula is C15H15BrFNO2. The van der Waals surface area contributed by atoms with Crippen molar-refractivity contribution in [1.82, 2.24) is 0 Å². The quantitative estimate of drug-likeness (QED) is 0.924. The third-order valence-electron chi connectivity index (χ3n) is 3.01. The molecule has 0 amide bonds. The summed E-state index contributed by atoms with van der Waals surface area (Å²) in [6.07, 6.45) is 0. The van der Waals surface area contributed by atoms with Crippen LogP contribution >= 0.6 is 15.9 Å². The average molecular weight is 340 g/mol. The highest BCUT2D eigenvalue weighted by Gasteiger charge is 2.14. The molecule has 0 fully saturated rings. The summed E-state index contributed by atoms with van der Waals surface area (Å²) in [6, 6.07) is 9.58. The predicted molar refractivity (Wildman–Crippen MR) is 79.7 cm³/mol. The highest BCUT2D eigenvalue weighted by atomic mass is 79.9. The van der Waals surface area contributed by atoms with Gasteiger partial charge in [0.25, 0.3) is 0 Å². The minimum atomic E-state index is -0.443. The second-order valence-corrected chi connectivity index (χ2v) is 5.21. The average Bonchev–Trinajstić information content (AvgIpc) is 2.44. The second-order valence-electron chi connectivity index (χ2n) is 4.29. The number of benzene rings is 2. The summed E-state index contributed by atoms with van der Waals surface area (Å²) in [5.74, 6) is 0.894. The minimum absolute atomic E-state index is 0.328. The largest absolute Gasteiger partial charge is 0.493 e. The lowest BCUT2D eigenvalue weighted by Crippen LogP contribution is -2.12. The fourth-order valence-corrected chi connectivity index (χ4v) is 2.48. The van der Waals surface area contributed by atoms with E-state index in [2.05, 4.69) is 15.9 Å². The molecule has 0 aliphatic heterocycles. The van der Waals surface area contributed by atoms with Gasteiger partial charge in [-0.3, -0.25) is 0 Å². The first-order valence-corrected chi connectivity index (χ1v) is 6.78. The van der Waals surface area contributed by atoms with Crippen molar-refractivity contribution in [3.05, 3.63) is 57.8 Å². The Hall–Kier alpha value is -1.59. The van der Waals surface area contributed by atoms with Gasteiger partial charge in [-0.1, -0.05) is 22.0 Å². The van der Waals surface area contributed by atoms with Crippen LogP contribution in [0.3, 0.4) is 0 Å². The van der Waals surface area contributed by atoms with E-state index < -0.39 is 6.04 Å². The van der Waals surface area contributed by atoms with Crippen LogP contribution in [0.4, 0.5) is 4.39 Å². The molecule has 106 valence electrons. The Bertz CT molecular complexity index is 599. The summed E-state index contributed by atoms with van der Waals surface area (Å²) < 4.78 is 24.5. The van der Waals surface area contributed by atoms with Crippen molar-refractivity contribution < 1.29 is 13.9 Å². The molecule has 2 aromatic carbocycles. The van der Waals surface area contributed by atoms with Gasteiger partial charge in [0.2, 0.25) is 0 Å². The van der Waals surface area contributed by atoms with Crippen LogP contribution in [0.1, 0.15) is 17.2 Å². The van der Waals surface area contributed by atoms with E-state index in [0.717, 1.165) is 5.56 Å². The number of rotatable bonds is 4. The van der Waals surface area contributed by atoms with Gasteiger partial charge in [0.1, 0.15) is 5.82 Å². The Kier molecular flexibility index (Phi) is 4.62. The molecule has 0 saturated heterocycles. The monoisotopic (exact) mass is 339 g/mol. The molecule has 2 N–H and O–H groups in total. The molecule has 0 spiro atoms. The fourth-order valence-electron chi connectivity index (χ4n) is 1.99. The molecule has 1 atom stereocenters. The van der Waals surface area contributed by atoms with E-state index >= 15 is 0 Å². The maximum absolute atomic E-state index is 13.4. The number of hydrogen-bond acceptors (Lipinski definition) is 3. The van der Waals surface area contributed by atoms with E-state index in [1.54, 1.807) is 32.4 Å². The van der Waals surface area contributed by atoms with Gasteiger partial charge in [-0.2, -0.15) is 0 Å². The third-order valence-corrected chi connectivity index (χ3v) is 3.47. The number of hydrogen-bond donors (Lipinski definition) is 1. The molecule has 1 unspecified atom stereocenters. The second kappa shape index (κ2) is 6.24. The summed E-state index contributed by atoms with van der Waals surface area (Å²) in [5.41, 5.74) is 7.69. The Morgan fingerprint density at radius 1 is 1.00 bits per heavy atom. The molecule has 20 heavy (non-hydrogen) atoms. The lowest BCUT2D eigenvalue weighted by molar-refractivity contribution is 0.354. The maximum Gasteiger partial charge on any atom is 0.161 e. The van der Waals surface area contributed by atoms with Gasteiger partial charge in [0, 0.05) is 4.47 Å². The molecule has 5 heteroatoms. The van der Waals surface area contributed by atoms with Gasteiger partial charge < -0.3 is 15.2 Å². The van der Waals surface area contributed by atoms with Crippen molar-refractivity contribution >= 4 is 15.9 Å². The van der Waals surface area contributed by atoms with Crippen LogP contribution in [0.2, 0.25) is 0 Å². The van der Waals surface area contributed by atoms with Crippen LogP contribution in [0, 0.1) is 5.82 Å². The van der Waals surface area contributed by atoms with E-state index in [4.69, 9.17) is 15.2 Å². The molecular weight excluding hydrogens is 325 g/mol. The molecule has 0 aliphatic carbocycles. The van der Waals surface area contributed by atoms with Crippen molar-refractivity contribution in [2.45, 2.75) is 6.04 Å². The molecule has 0 radical (unpaired) electrons. The SMILES string of the molecule is COc1ccc(C(N)c2cc(F)cc(Br)c2)cc1OC. The summed E-state index contributed by atoms with van der Waals surface area (Å²) in [5, 5.41) is 0. The Labute approximate surface area is 125 Å². The molecule has 0 aliphatic rings. The fraction of sp³-hybridized carbons (Fsp3) is 0.200. The lowest BCUT2D eigenvalue weighted by Gasteiger charge is -2.16. The Balaban J connectivity index is 2.39. The smallest absolute Gasteiger partial charge is 0.161 e. The van der Waals surface area contributed by atoms with Crippen LogP contribution in [0.15, 0.2) is 40.9 Å². The summed E-state index contributed by atoms with van der Waals surface area (Å²) in [6.45, 7) is 0. The summed E-state index contributed by atoms with van der Waals surface area (Å²) >= 11 is 3.26. The highest BCUT2D eigenvalue weighted by molar-refractivity contribution is 9.10. The van der Waals surface area contributed by atoms with Crippen LogP contribution in [0.5, 0.6) is 11.5 Å². The topological polar surface area (TPSA) is 44.5 Å². The van der Waals surface area contributed by atoms with E-state index in [9.17, 15) is 4.39 Å². The van der Waals surface area contributed by atoms with E-state index in [-0.39, 0.29) is 5.82 Å². The number of nitrogens with two attached hydrogens (primary N) is 1. The zero-order valence-corrected chi connectivity index (χ0v) is 12.8. The van der Waals surface area contributed by atoms with Gasteiger partial charge in [-0.25, -0.2) is 4.39 Å². The van der Waals surface area contributed by atoms with Crippen LogP contribution < -0.4 is 15.2 Å². The van der Waals surface area contributed by atoms with E-state index in [1.165, 1.54) is 12.1 Å². The standard InChI is InChI=1S/C15H15BrFNO2/c1-19-13-4-3-9(7-14(13)20-2)15(18)10-5-11(16)8-12(17)6-10/h3-8,15H,18H2,1-2H3. The highest BCUT2D eigenvalue weighted by Crippen LogP contribution is 2.32. The molecule has 2 aromatic rings. The third kappa shape index (κ3) is 3.11. The molecule has 0 saturated carbocycles. The minimum Gasteiger partial charge on any atom is -0.493 e. The first-order valence-electron chi connectivity index (χ1n) is 5.98. The number of ether oxygens (including phenoxy) is 2. The predicted octanol–water partition coefficient (Wildman–Crippen LogP) is 3.65. The van der Waals surface area contributed by atoms with Crippen molar-refractivity contribution in [3.63, 3.8) is 0 Å². The number of halogens is 2. The zero-order valence-electron chi connectivity index (χ0n) is 11.2. The van der Waals surface area contributed by atoms with Gasteiger partial charge in [0.15, 0.2) is 11.5 Å². The van der Waals surface area contributed by atoms with Crippen LogP contribution in [0.25, 0.3) is 0 Å². The van der Waals surface area contributed by atoms with Gasteiger partial charge in [-0.15, -0.1) is 0 Å². The van der Waals surface area contributed by atoms with Gasteiger partial charge >= 0.3 is 0 Å². The van der Waals surface area contributed by atoms with Crippen molar-refractivity contribution in [3.8, 4) is 11.5 Å². The van der Waals surface area contributed by atoms with Crippen molar-refractivity contribution in [1.29, 1.82) is 0 Å². The zero-order chi connectivity index (χ0) is 14.7. The Morgan fingerprint density at radius 3 is 2.30 bits per heavy atom. The van der Waals surface area contributed by atoms with Crippen LogP contribution in [-0.2, 0) is 0 Å². The molecule has 0 aromatic heterocycles. The summed E-state index contributed by atoms with van der Waals surface area (Å²) in [4.78, 5) is 0. The molecule has 0 heterocycles. The molecule has 2 rings (SSSR count). The first-order chi connectivity index (χ1) is 9.55. The summed E-state index contributed by atoms with van der Waals surface area (Å²) in [7, 11) is 3.13. The molecule has 3 nitrogen and oxygen atoms in total. The first kappa shape index (κ1) is 14.8.